The Bertz CT molecular complexity index is 653. The number of benzene rings is 2. The highest BCUT2D eigenvalue weighted by Gasteiger charge is 2.57. The van der Waals surface area contributed by atoms with Gasteiger partial charge < -0.3 is 9.16 Å². The third kappa shape index (κ3) is 2.55. The third-order valence-corrected chi connectivity index (χ3v) is 10.6. The molecule has 0 N–H and O–H groups in total. The van der Waals surface area contributed by atoms with Crippen LogP contribution in [0, 0.1) is 5.92 Å². The fourth-order valence-corrected chi connectivity index (χ4v) is 8.77. The van der Waals surface area contributed by atoms with E-state index in [0.29, 0.717) is 18.1 Å². The molecule has 2 nitrogen and oxygen atoms in total. The number of hydrogen-bond acceptors (Lipinski definition) is 2. The van der Waals surface area contributed by atoms with Crippen LogP contribution in [0.15, 0.2) is 60.7 Å². The standard InChI is InChI=1S/C21H26O2Si/c1-21(2,3)24(17-10-6-4-7-11-17,18-12-8-5-9-13-18)22-15-16-14-19-20(16)23-19/h4-13,16,19-20H,14-15H2,1-3H3/t16-,19?,20-/m1/s1. The van der Waals surface area contributed by atoms with Gasteiger partial charge in [-0.25, -0.2) is 0 Å². The van der Waals surface area contributed by atoms with Crippen LogP contribution in [0.25, 0.3) is 0 Å². The Morgan fingerprint density at radius 1 is 0.958 bits per heavy atom. The zero-order valence-electron chi connectivity index (χ0n) is 14.7. The summed E-state index contributed by atoms with van der Waals surface area (Å²) in [6.07, 6.45) is 2.18. The van der Waals surface area contributed by atoms with Gasteiger partial charge in [-0.15, -0.1) is 0 Å². The molecule has 0 aromatic heterocycles. The Labute approximate surface area is 145 Å². The highest BCUT2D eigenvalue weighted by molar-refractivity contribution is 6.99. The number of rotatable bonds is 5. The molecule has 1 aliphatic heterocycles. The average Bonchev–Trinajstić information content (AvgIpc) is 3.22. The molecule has 3 heteroatoms. The molecule has 0 radical (unpaired) electrons. The molecule has 2 aliphatic rings. The Balaban J connectivity index is 1.76. The van der Waals surface area contributed by atoms with Crippen molar-refractivity contribution in [2.75, 3.05) is 6.61 Å². The first kappa shape index (κ1) is 16.1. The molecule has 2 aromatic carbocycles. The smallest absolute Gasteiger partial charge is 0.261 e. The van der Waals surface area contributed by atoms with Crippen LogP contribution in [-0.4, -0.2) is 27.1 Å². The Hall–Kier alpha value is -1.42. The summed E-state index contributed by atoms with van der Waals surface area (Å²) in [4.78, 5) is 0. The Kier molecular flexibility index (Phi) is 3.90. The van der Waals surface area contributed by atoms with Crippen LogP contribution in [0.3, 0.4) is 0 Å². The van der Waals surface area contributed by atoms with Crippen LogP contribution in [0.2, 0.25) is 5.04 Å². The van der Waals surface area contributed by atoms with E-state index in [-0.39, 0.29) is 5.04 Å². The lowest BCUT2D eigenvalue weighted by atomic mass is 9.86. The maximum atomic E-state index is 6.93. The summed E-state index contributed by atoms with van der Waals surface area (Å²) >= 11 is 0. The first-order valence-corrected chi connectivity index (χ1v) is 10.8. The molecule has 3 atom stereocenters. The van der Waals surface area contributed by atoms with Crippen LogP contribution >= 0.6 is 0 Å². The molecular formula is C21H26O2Si. The predicted octanol–water partition coefficient (Wildman–Crippen LogP) is 3.35. The Morgan fingerprint density at radius 3 is 1.88 bits per heavy atom. The lowest BCUT2D eigenvalue weighted by Crippen LogP contribution is -2.67. The van der Waals surface area contributed by atoms with Gasteiger partial charge in [-0.05, 0) is 21.8 Å². The van der Waals surface area contributed by atoms with Crippen molar-refractivity contribution in [1.29, 1.82) is 0 Å². The second kappa shape index (κ2) is 5.83. The largest absolute Gasteiger partial charge is 0.407 e. The highest BCUT2D eigenvalue weighted by atomic mass is 28.4. The molecule has 0 bridgehead atoms. The van der Waals surface area contributed by atoms with Gasteiger partial charge in [0.15, 0.2) is 0 Å². The van der Waals surface area contributed by atoms with Crippen LogP contribution < -0.4 is 10.4 Å². The Morgan fingerprint density at radius 2 is 1.50 bits per heavy atom. The topological polar surface area (TPSA) is 21.8 Å². The van der Waals surface area contributed by atoms with Crippen molar-refractivity contribution >= 4 is 18.7 Å². The van der Waals surface area contributed by atoms with Crippen LogP contribution in [0.1, 0.15) is 27.2 Å². The summed E-state index contributed by atoms with van der Waals surface area (Å²) in [5.41, 5.74) is 0. The molecule has 126 valence electrons. The highest BCUT2D eigenvalue weighted by Crippen LogP contribution is 2.47. The van der Waals surface area contributed by atoms with E-state index in [1.54, 1.807) is 0 Å². The molecule has 2 aromatic rings. The van der Waals surface area contributed by atoms with Gasteiger partial charge in [0.25, 0.3) is 8.32 Å². The van der Waals surface area contributed by atoms with E-state index >= 15 is 0 Å². The predicted molar refractivity (Wildman–Crippen MR) is 100 cm³/mol. The summed E-state index contributed by atoms with van der Waals surface area (Å²) in [5.74, 6) is 0.580. The van der Waals surface area contributed by atoms with Crippen LogP contribution in [0.4, 0.5) is 0 Å². The molecule has 1 saturated heterocycles. The minimum atomic E-state index is -2.36. The molecule has 24 heavy (non-hydrogen) atoms. The zero-order valence-corrected chi connectivity index (χ0v) is 15.7. The van der Waals surface area contributed by atoms with E-state index in [9.17, 15) is 0 Å². The molecule has 1 saturated carbocycles. The fraction of sp³-hybridized carbons (Fsp3) is 0.429. The minimum absolute atomic E-state index is 0.0588. The lowest BCUT2D eigenvalue weighted by molar-refractivity contribution is 0.194. The zero-order chi connectivity index (χ0) is 16.8. The summed E-state index contributed by atoms with van der Waals surface area (Å²) in [6, 6.07) is 21.7. The van der Waals surface area contributed by atoms with Gasteiger partial charge in [0.2, 0.25) is 0 Å². The average molecular weight is 339 g/mol. The first-order chi connectivity index (χ1) is 11.5. The van der Waals surface area contributed by atoms with Gasteiger partial charge in [-0.2, -0.15) is 0 Å². The maximum Gasteiger partial charge on any atom is 0.261 e. The third-order valence-electron chi connectivity index (χ3n) is 5.55. The van der Waals surface area contributed by atoms with Crippen molar-refractivity contribution in [3.05, 3.63) is 60.7 Å². The molecule has 0 spiro atoms. The fourth-order valence-electron chi connectivity index (χ4n) is 4.15. The van der Waals surface area contributed by atoms with E-state index in [1.165, 1.54) is 16.8 Å². The molecule has 0 amide bonds. The molecule has 2 fully saturated rings. The van der Waals surface area contributed by atoms with Crippen molar-refractivity contribution in [2.45, 2.75) is 44.4 Å². The summed E-state index contributed by atoms with van der Waals surface area (Å²) in [6.45, 7) is 7.80. The lowest BCUT2D eigenvalue weighted by Gasteiger charge is -2.44. The summed E-state index contributed by atoms with van der Waals surface area (Å²) in [5, 5.41) is 2.77. The van der Waals surface area contributed by atoms with Gasteiger partial charge in [0, 0.05) is 12.5 Å². The van der Waals surface area contributed by atoms with E-state index < -0.39 is 8.32 Å². The van der Waals surface area contributed by atoms with Gasteiger partial charge in [-0.1, -0.05) is 81.4 Å². The number of epoxide rings is 1. The first-order valence-electron chi connectivity index (χ1n) is 8.93. The van der Waals surface area contributed by atoms with Gasteiger partial charge in [-0.3, -0.25) is 0 Å². The van der Waals surface area contributed by atoms with E-state index in [2.05, 4.69) is 81.4 Å². The van der Waals surface area contributed by atoms with Gasteiger partial charge in [0.1, 0.15) is 0 Å². The van der Waals surface area contributed by atoms with Crippen molar-refractivity contribution in [3.63, 3.8) is 0 Å². The van der Waals surface area contributed by atoms with E-state index in [0.717, 1.165) is 6.61 Å². The molecule has 1 unspecified atom stereocenters. The van der Waals surface area contributed by atoms with Crippen molar-refractivity contribution in [3.8, 4) is 0 Å². The molecule has 1 aliphatic carbocycles. The number of hydrogen-bond donors (Lipinski definition) is 0. The quantitative estimate of drug-likeness (QED) is 0.616. The summed E-state index contributed by atoms with van der Waals surface area (Å²) in [7, 11) is -2.36. The van der Waals surface area contributed by atoms with Crippen LogP contribution in [0.5, 0.6) is 0 Å². The van der Waals surface area contributed by atoms with Gasteiger partial charge in [0.05, 0.1) is 12.2 Å². The van der Waals surface area contributed by atoms with E-state index in [1.807, 2.05) is 0 Å². The van der Waals surface area contributed by atoms with E-state index in [4.69, 9.17) is 9.16 Å². The van der Waals surface area contributed by atoms with Crippen molar-refractivity contribution < 1.29 is 9.16 Å². The molecular weight excluding hydrogens is 312 g/mol. The van der Waals surface area contributed by atoms with Crippen molar-refractivity contribution in [2.24, 2.45) is 5.92 Å². The number of fused-ring (bicyclic) bond motifs is 1. The minimum Gasteiger partial charge on any atom is -0.407 e. The second-order valence-corrected chi connectivity index (χ2v) is 12.4. The summed E-state index contributed by atoms with van der Waals surface area (Å²) < 4.78 is 12.6. The second-order valence-electron chi connectivity index (χ2n) is 8.11. The normalized spacial score (nSPS) is 25.7. The van der Waals surface area contributed by atoms with Crippen molar-refractivity contribution in [1.82, 2.24) is 0 Å². The SMILES string of the molecule is CC(C)(C)[Si](OC[C@H]1CC2O[C@@H]21)(c1ccccc1)c1ccccc1. The molecule has 4 rings (SSSR count). The van der Waals surface area contributed by atoms with Gasteiger partial charge >= 0.3 is 0 Å². The van der Waals surface area contributed by atoms with Crippen LogP contribution in [-0.2, 0) is 9.16 Å². The monoisotopic (exact) mass is 338 g/mol. The maximum absolute atomic E-state index is 6.93. The number of ether oxygens (including phenoxy) is 1. The molecule has 1 heterocycles.